The van der Waals surface area contributed by atoms with Gasteiger partial charge in [0.25, 0.3) is 0 Å². The number of hydrogen-bond acceptors (Lipinski definition) is 4. The van der Waals surface area contributed by atoms with E-state index in [0.717, 1.165) is 13.1 Å². The monoisotopic (exact) mass is 268 g/mol. The molecule has 2 rings (SSSR count). The van der Waals surface area contributed by atoms with Crippen LogP contribution < -0.4 is 10.6 Å². The van der Waals surface area contributed by atoms with E-state index >= 15 is 0 Å². The van der Waals surface area contributed by atoms with Gasteiger partial charge in [-0.3, -0.25) is 5.41 Å². The van der Waals surface area contributed by atoms with Crippen LogP contribution in [0.3, 0.4) is 0 Å². The van der Waals surface area contributed by atoms with Gasteiger partial charge in [0.2, 0.25) is 0 Å². The van der Waals surface area contributed by atoms with Crippen molar-refractivity contribution in [2.75, 3.05) is 18.0 Å². The molecule has 2 unspecified atom stereocenters. The van der Waals surface area contributed by atoms with Crippen molar-refractivity contribution < 1.29 is 4.74 Å². The number of halogens is 1. The normalized spacial score (nSPS) is 24.1. The number of nitrogens with one attached hydrogen (secondary N) is 1. The number of nitrogens with two attached hydrogens (primary N) is 1. The molecule has 0 bridgehead atoms. The Morgan fingerprint density at radius 2 is 2.11 bits per heavy atom. The number of morpholine rings is 1. The molecule has 0 spiro atoms. The molecule has 2 heterocycles. The highest BCUT2D eigenvalue weighted by Gasteiger charge is 2.25. The van der Waals surface area contributed by atoms with E-state index < -0.39 is 0 Å². The third kappa shape index (κ3) is 2.57. The number of rotatable bonds is 2. The minimum Gasteiger partial charge on any atom is -0.384 e. The molecule has 98 valence electrons. The maximum absolute atomic E-state index is 7.49. The lowest BCUT2D eigenvalue weighted by Crippen LogP contribution is -2.46. The van der Waals surface area contributed by atoms with Gasteiger partial charge in [0.05, 0.1) is 17.2 Å². The van der Waals surface area contributed by atoms with E-state index in [0.29, 0.717) is 16.4 Å². The second-order valence-electron chi connectivity index (χ2n) is 4.57. The summed E-state index contributed by atoms with van der Waals surface area (Å²) in [5.74, 6) is 0.629. The summed E-state index contributed by atoms with van der Waals surface area (Å²) in [4.78, 5) is 6.38. The summed E-state index contributed by atoms with van der Waals surface area (Å²) in [6.45, 7) is 5.51. The fourth-order valence-electron chi connectivity index (χ4n) is 2.21. The number of ether oxygens (including phenoxy) is 1. The predicted molar refractivity (Wildman–Crippen MR) is 72.5 cm³/mol. The maximum Gasteiger partial charge on any atom is 0.148 e. The van der Waals surface area contributed by atoms with Crippen LogP contribution in [0.1, 0.15) is 19.4 Å². The molecule has 1 aromatic heterocycles. The van der Waals surface area contributed by atoms with Crippen molar-refractivity contribution in [1.82, 2.24) is 4.98 Å². The molecule has 3 N–H and O–H groups in total. The molecule has 1 fully saturated rings. The largest absolute Gasteiger partial charge is 0.384 e. The van der Waals surface area contributed by atoms with Crippen molar-refractivity contribution in [3.63, 3.8) is 0 Å². The molecule has 6 heteroatoms. The summed E-state index contributed by atoms with van der Waals surface area (Å²) >= 11 is 6.27. The minimum absolute atomic E-state index is 0.0435. The molecule has 0 amide bonds. The van der Waals surface area contributed by atoms with Crippen LogP contribution in [0, 0.1) is 5.41 Å². The van der Waals surface area contributed by atoms with Crippen LogP contribution in [-0.2, 0) is 4.74 Å². The van der Waals surface area contributed by atoms with Crippen molar-refractivity contribution in [2.24, 2.45) is 5.73 Å². The highest BCUT2D eigenvalue weighted by molar-refractivity contribution is 6.36. The van der Waals surface area contributed by atoms with Gasteiger partial charge in [0.1, 0.15) is 11.7 Å². The van der Waals surface area contributed by atoms with Gasteiger partial charge in [-0.1, -0.05) is 11.6 Å². The zero-order chi connectivity index (χ0) is 13.3. The molecule has 5 nitrogen and oxygen atoms in total. The van der Waals surface area contributed by atoms with Gasteiger partial charge >= 0.3 is 0 Å². The number of pyridine rings is 1. The van der Waals surface area contributed by atoms with Gasteiger partial charge in [-0.15, -0.1) is 0 Å². The van der Waals surface area contributed by atoms with Crippen LogP contribution in [0.25, 0.3) is 0 Å². The molecule has 1 saturated heterocycles. The first-order chi connectivity index (χ1) is 8.49. The van der Waals surface area contributed by atoms with E-state index in [-0.39, 0.29) is 18.0 Å². The quantitative estimate of drug-likeness (QED) is 0.631. The maximum atomic E-state index is 7.49. The summed E-state index contributed by atoms with van der Waals surface area (Å²) in [7, 11) is 0. The van der Waals surface area contributed by atoms with Crippen LogP contribution in [-0.4, -0.2) is 36.1 Å². The van der Waals surface area contributed by atoms with Gasteiger partial charge in [-0.25, -0.2) is 4.98 Å². The third-order valence-electron chi connectivity index (χ3n) is 2.88. The van der Waals surface area contributed by atoms with Crippen LogP contribution in [0.4, 0.5) is 5.82 Å². The van der Waals surface area contributed by atoms with E-state index in [4.69, 9.17) is 27.5 Å². The van der Waals surface area contributed by atoms with E-state index in [1.165, 1.54) is 0 Å². The fourth-order valence-corrected chi connectivity index (χ4v) is 2.55. The molecule has 18 heavy (non-hydrogen) atoms. The summed E-state index contributed by atoms with van der Waals surface area (Å²) in [5.41, 5.74) is 6.02. The van der Waals surface area contributed by atoms with Gasteiger partial charge < -0.3 is 15.4 Å². The second-order valence-corrected chi connectivity index (χ2v) is 4.95. The Bertz CT molecular complexity index is 455. The highest BCUT2D eigenvalue weighted by Crippen LogP contribution is 2.28. The molecule has 1 aliphatic heterocycles. The number of hydrogen-bond donors (Lipinski definition) is 2. The molecular formula is C12H17ClN4O. The lowest BCUT2D eigenvalue weighted by atomic mass is 10.2. The molecule has 0 radical (unpaired) electrons. The Balaban J connectivity index is 2.33. The van der Waals surface area contributed by atoms with Crippen molar-refractivity contribution in [2.45, 2.75) is 26.1 Å². The predicted octanol–water partition coefficient (Wildman–Crippen LogP) is 1.63. The van der Waals surface area contributed by atoms with Crippen LogP contribution in [0.15, 0.2) is 12.3 Å². The fraction of sp³-hybridized carbons (Fsp3) is 0.500. The zero-order valence-corrected chi connectivity index (χ0v) is 11.2. The van der Waals surface area contributed by atoms with E-state index in [2.05, 4.69) is 9.88 Å². The lowest BCUT2D eigenvalue weighted by Gasteiger charge is -2.36. The van der Waals surface area contributed by atoms with E-state index in [9.17, 15) is 0 Å². The zero-order valence-electron chi connectivity index (χ0n) is 10.5. The Kier molecular flexibility index (Phi) is 3.73. The summed E-state index contributed by atoms with van der Waals surface area (Å²) in [6.07, 6.45) is 1.89. The number of anilines is 1. The topological polar surface area (TPSA) is 75.2 Å². The average molecular weight is 269 g/mol. The third-order valence-corrected chi connectivity index (χ3v) is 3.25. The average Bonchev–Trinajstić information content (AvgIpc) is 2.27. The summed E-state index contributed by atoms with van der Waals surface area (Å²) < 4.78 is 5.68. The molecule has 1 aliphatic rings. The Hall–Kier alpha value is -1.33. The van der Waals surface area contributed by atoms with Crippen LogP contribution >= 0.6 is 11.6 Å². The van der Waals surface area contributed by atoms with Gasteiger partial charge in [-0.05, 0) is 19.9 Å². The summed E-state index contributed by atoms with van der Waals surface area (Å²) in [5, 5.41) is 7.92. The first-order valence-corrected chi connectivity index (χ1v) is 6.26. The Morgan fingerprint density at radius 3 is 2.67 bits per heavy atom. The van der Waals surface area contributed by atoms with Crippen molar-refractivity contribution >= 4 is 23.3 Å². The number of nitrogen functional groups attached to an aromatic ring is 1. The molecule has 1 aromatic rings. The number of aromatic nitrogens is 1. The number of nitrogens with zero attached hydrogens (tertiary/aromatic N) is 2. The SMILES string of the molecule is CC1CN(c2nccc(C(=N)N)c2Cl)CC(C)O1. The lowest BCUT2D eigenvalue weighted by molar-refractivity contribution is -0.00545. The first kappa shape index (κ1) is 13.1. The van der Waals surface area contributed by atoms with Gasteiger partial charge in [0.15, 0.2) is 0 Å². The summed E-state index contributed by atoms with van der Waals surface area (Å²) in [6, 6.07) is 1.65. The molecule has 2 atom stereocenters. The van der Waals surface area contributed by atoms with Crippen LogP contribution in [0.5, 0.6) is 0 Å². The van der Waals surface area contributed by atoms with Gasteiger partial charge in [0, 0.05) is 24.8 Å². The van der Waals surface area contributed by atoms with Crippen LogP contribution in [0.2, 0.25) is 5.02 Å². The van der Waals surface area contributed by atoms with E-state index in [1.807, 2.05) is 13.8 Å². The molecular weight excluding hydrogens is 252 g/mol. The first-order valence-electron chi connectivity index (χ1n) is 5.88. The van der Waals surface area contributed by atoms with Gasteiger partial charge in [-0.2, -0.15) is 0 Å². The second kappa shape index (κ2) is 5.12. The molecule has 0 saturated carbocycles. The molecule has 0 aromatic carbocycles. The Labute approximate surface area is 111 Å². The highest BCUT2D eigenvalue weighted by atomic mass is 35.5. The Morgan fingerprint density at radius 1 is 1.50 bits per heavy atom. The smallest absolute Gasteiger partial charge is 0.148 e. The van der Waals surface area contributed by atoms with Crippen molar-refractivity contribution in [3.05, 3.63) is 22.8 Å². The molecule has 0 aliphatic carbocycles. The van der Waals surface area contributed by atoms with Crippen molar-refractivity contribution in [3.8, 4) is 0 Å². The minimum atomic E-state index is -0.0435. The van der Waals surface area contributed by atoms with E-state index in [1.54, 1.807) is 12.3 Å². The number of amidine groups is 1. The van der Waals surface area contributed by atoms with Crippen molar-refractivity contribution in [1.29, 1.82) is 5.41 Å². The standard InChI is InChI=1S/C12H17ClN4O/c1-7-5-17(6-8(2)18-7)12-10(13)9(11(14)15)3-4-16-12/h3-4,7-8H,5-6H2,1-2H3,(H3,14,15).